The number of benzene rings is 3. The normalized spacial score (nSPS) is 31.2. The summed E-state index contributed by atoms with van der Waals surface area (Å²) in [5, 5.41) is 14.6. The van der Waals surface area contributed by atoms with Crippen LogP contribution in [0.15, 0.2) is 48.0 Å². The van der Waals surface area contributed by atoms with E-state index in [1.54, 1.807) is 36.4 Å². The summed E-state index contributed by atoms with van der Waals surface area (Å²) in [4.78, 5) is 48.2. The summed E-state index contributed by atoms with van der Waals surface area (Å²) in [6.45, 7) is 0. The van der Waals surface area contributed by atoms with Gasteiger partial charge in [0, 0.05) is 16.9 Å². The van der Waals surface area contributed by atoms with E-state index in [0.29, 0.717) is 10.8 Å². The average molecular weight is 651 g/mol. The first-order valence-corrected chi connectivity index (χ1v) is 14.0. The molecule has 0 spiro atoms. The maximum Gasteiger partial charge on any atom is 0.258 e. The summed E-state index contributed by atoms with van der Waals surface area (Å²) in [6, 6.07) is 9.53. The molecule has 2 aliphatic carbocycles. The molecule has 7 rings (SSSR count). The van der Waals surface area contributed by atoms with Gasteiger partial charge in [0.15, 0.2) is 33.0 Å². The Morgan fingerprint density at radius 2 is 1.45 bits per heavy atom. The molecule has 6 atom stereocenters. The van der Waals surface area contributed by atoms with E-state index in [4.69, 9.17) is 23.2 Å². The van der Waals surface area contributed by atoms with Gasteiger partial charge in [-0.25, -0.2) is 26.9 Å². The maximum atomic E-state index is 15.1. The highest BCUT2D eigenvalue weighted by atomic mass is 35.5. The number of imide groups is 2. The fourth-order valence-electron chi connectivity index (χ4n) is 7.33. The highest BCUT2D eigenvalue weighted by Gasteiger charge is 2.77. The number of phenols is 1. The lowest BCUT2D eigenvalue weighted by molar-refractivity contribution is -0.127. The van der Waals surface area contributed by atoms with E-state index in [9.17, 15) is 37.5 Å². The highest BCUT2D eigenvalue weighted by Crippen LogP contribution is 2.66. The number of amides is 4. The van der Waals surface area contributed by atoms with E-state index in [1.165, 1.54) is 6.07 Å². The average Bonchev–Trinajstić information content (AvgIpc) is 3.37. The van der Waals surface area contributed by atoms with E-state index in [0.717, 1.165) is 0 Å². The molecule has 4 aliphatic rings. The van der Waals surface area contributed by atoms with Crippen LogP contribution in [0.2, 0.25) is 0 Å². The monoisotopic (exact) mass is 650 g/mol. The SMILES string of the molecule is O=C1NC(=O)C2C1CC=C1C2CC2(Cl)C(=O)N(c3c(F)c(F)c(F)c(F)c3F)C(=O)C2(Cl)C1c1ccc2ccccc2c1O. The third-order valence-corrected chi connectivity index (χ3v) is 10.7. The minimum absolute atomic E-state index is 0.00463. The molecular formula is C30H17Cl2F5N2O5. The van der Waals surface area contributed by atoms with E-state index in [2.05, 4.69) is 5.32 Å². The molecule has 0 radical (unpaired) electrons. The number of aromatic hydroxyl groups is 1. The van der Waals surface area contributed by atoms with Gasteiger partial charge >= 0.3 is 0 Å². The van der Waals surface area contributed by atoms with Gasteiger partial charge in [-0.1, -0.05) is 48.0 Å². The molecule has 14 heteroatoms. The van der Waals surface area contributed by atoms with Crippen molar-refractivity contribution in [3.05, 3.63) is 82.7 Å². The van der Waals surface area contributed by atoms with Gasteiger partial charge < -0.3 is 5.11 Å². The number of carbonyl (C=O) groups is 4. The Hall–Kier alpha value is -4.03. The van der Waals surface area contributed by atoms with Crippen LogP contribution in [-0.4, -0.2) is 38.5 Å². The Labute approximate surface area is 254 Å². The van der Waals surface area contributed by atoms with Gasteiger partial charge in [-0.05, 0) is 24.1 Å². The first-order chi connectivity index (χ1) is 20.8. The molecule has 3 fully saturated rings. The Morgan fingerprint density at radius 3 is 2.14 bits per heavy atom. The molecule has 2 N–H and O–H groups in total. The number of hydrogen-bond donors (Lipinski definition) is 2. The Kier molecular flexibility index (Phi) is 6.03. The zero-order valence-electron chi connectivity index (χ0n) is 21.9. The molecule has 6 unspecified atom stereocenters. The van der Waals surface area contributed by atoms with Crippen molar-refractivity contribution in [2.75, 3.05) is 4.90 Å². The third-order valence-electron chi connectivity index (χ3n) is 9.31. The first-order valence-electron chi connectivity index (χ1n) is 13.3. The molecule has 4 amide bonds. The number of fused-ring (bicyclic) bond motifs is 5. The van der Waals surface area contributed by atoms with Crippen molar-refractivity contribution >= 4 is 63.3 Å². The van der Waals surface area contributed by atoms with Gasteiger partial charge in [0.05, 0.1) is 11.8 Å². The van der Waals surface area contributed by atoms with Crippen LogP contribution in [0.4, 0.5) is 27.6 Å². The Morgan fingerprint density at radius 1 is 0.818 bits per heavy atom. The van der Waals surface area contributed by atoms with E-state index < -0.39 is 104 Å². The van der Waals surface area contributed by atoms with Crippen LogP contribution >= 0.6 is 23.2 Å². The first kappa shape index (κ1) is 28.7. The van der Waals surface area contributed by atoms with Crippen molar-refractivity contribution in [3.8, 4) is 5.75 Å². The second-order valence-corrected chi connectivity index (χ2v) is 12.5. The number of alkyl halides is 2. The number of allylic oxidation sites excluding steroid dienone is 2. The van der Waals surface area contributed by atoms with E-state index >= 15 is 8.78 Å². The molecular weight excluding hydrogens is 634 g/mol. The third kappa shape index (κ3) is 3.32. The van der Waals surface area contributed by atoms with Gasteiger partial charge in [-0.2, -0.15) is 0 Å². The molecule has 0 bridgehead atoms. The summed E-state index contributed by atoms with van der Waals surface area (Å²) in [6.07, 6.45) is 0.931. The molecule has 1 saturated carbocycles. The quantitative estimate of drug-likeness (QED) is 0.100. The van der Waals surface area contributed by atoms with Crippen LogP contribution in [-0.2, 0) is 19.2 Å². The molecule has 0 aromatic heterocycles. The summed E-state index contributed by atoms with van der Waals surface area (Å²) in [5.41, 5.74) is -1.67. The van der Waals surface area contributed by atoms with Gasteiger partial charge in [-0.3, -0.25) is 24.5 Å². The standard InChI is InChI=1S/C30H17Cl2F5N2O5/c31-29-9-15-12(7-8-13-16(15)26(42)38-25(13)41)17(14-6-5-10-3-1-2-4-11(10)24(14)40)30(29,32)28(44)39(27(29)43)23-21(36)19(34)18(33)20(35)22(23)37/h1-7,13,15-17,40H,8-9H2,(H,38,41,42). The number of rotatable bonds is 2. The van der Waals surface area contributed by atoms with Crippen LogP contribution in [0.25, 0.3) is 10.8 Å². The largest absolute Gasteiger partial charge is 0.507 e. The lowest BCUT2D eigenvalue weighted by Gasteiger charge is -2.50. The smallest absolute Gasteiger partial charge is 0.258 e. The minimum Gasteiger partial charge on any atom is -0.507 e. The number of hydrogen-bond acceptors (Lipinski definition) is 5. The van der Waals surface area contributed by atoms with Crippen molar-refractivity contribution in [2.24, 2.45) is 17.8 Å². The second kappa shape index (κ2) is 9.24. The molecule has 2 heterocycles. The molecule has 3 aromatic carbocycles. The molecule has 226 valence electrons. The fraction of sp³-hybridized carbons (Fsp3) is 0.267. The number of nitrogens with zero attached hydrogens (tertiary/aromatic N) is 1. The Bertz CT molecular complexity index is 1910. The van der Waals surface area contributed by atoms with Crippen molar-refractivity contribution in [2.45, 2.75) is 28.5 Å². The van der Waals surface area contributed by atoms with Gasteiger partial charge in [0.2, 0.25) is 17.6 Å². The van der Waals surface area contributed by atoms with Crippen LogP contribution in [0.3, 0.4) is 0 Å². The number of nitrogens with one attached hydrogen (secondary N) is 1. The van der Waals surface area contributed by atoms with Crippen molar-refractivity contribution in [1.82, 2.24) is 5.32 Å². The number of phenolic OH excluding ortho intramolecular Hbond substituents is 1. The zero-order chi connectivity index (χ0) is 31.6. The van der Waals surface area contributed by atoms with Crippen molar-refractivity contribution < 1.29 is 46.2 Å². The lowest BCUT2D eigenvalue weighted by atomic mass is 9.56. The lowest BCUT2D eigenvalue weighted by Crippen LogP contribution is -2.60. The molecule has 2 saturated heterocycles. The van der Waals surface area contributed by atoms with Gasteiger partial charge in [-0.15, -0.1) is 23.2 Å². The molecule has 3 aromatic rings. The van der Waals surface area contributed by atoms with Crippen LogP contribution < -0.4 is 10.2 Å². The summed E-state index contributed by atoms with van der Waals surface area (Å²) in [7, 11) is 0. The zero-order valence-corrected chi connectivity index (χ0v) is 23.5. The van der Waals surface area contributed by atoms with Gasteiger partial charge in [0.1, 0.15) is 11.4 Å². The fourth-order valence-corrected chi connectivity index (χ4v) is 8.25. The molecule has 2 aliphatic heterocycles. The van der Waals surface area contributed by atoms with Crippen molar-refractivity contribution in [1.29, 1.82) is 0 Å². The van der Waals surface area contributed by atoms with Crippen LogP contribution in [0.1, 0.15) is 24.3 Å². The number of halogens is 7. The maximum absolute atomic E-state index is 15.1. The number of anilines is 1. The van der Waals surface area contributed by atoms with Crippen molar-refractivity contribution in [3.63, 3.8) is 0 Å². The minimum atomic E-state index is -2.71. The number of carbonyl (C=O) groups excluding carboxylic acids is 4. The molecule has 44 heavy (non-hydrogen) atoms. The Balaban J connectivity index is 1.51. The van der Waals surface area contributed by atoms with E-state index in [-0.39, 0.29) is 22.5 Å². The topological polar surface area (TPSA) is 104 Å². The van der Waals surface area contributed by atoms with Gasteiger partial charge in [0.25, 0.3) is 11.8 Å². The van der Waals surface area contributed by atoms with Crippen LogP contribution in [0.5, 0.6) is 5.75 Å². The summed E-state index contributed by atoms with van der Waals surface area (Å²) in [5.74, 6) is -21.7. The van der Waals surface area contributed by atoms with E-state index in [1.807, 2.05) is 0 Å². The summed E-state index contributed by atoms with van der Waals surface area (Å²) < 4.78 is 72.6. The highest BCUT2D eigenvalue weighted by molar-refractivity contribution is 6.58. The molecule has 7 nitrogen and oxygen atoms in total. The predicted molar refractivity (Wildman–Crippen MR) is 145 cm³/mol. The second-order valence-electron chi connectivity index (χ2n) is 11.3. The predicted octanol–water partition coefficient (Wildman–Crippen LogP) is 5.09. The van der Waals surface area contributed by atoms with Crippen LogP contribution in [0, 0.1) is 46.8 Å². The summed E-state index contributed by atoms with van der Waals surface area (Å²) >= 11 is 14.1.